The lowest BCUT2D eigenvalue weighted by Gasteiger charge is -2.32. The minimum atomic E-state index is 0.0464. The zero-order chi connectivity index (χ0) is 18.3. The van der Waals surface area contributed by atoms with Gasteiger partial charge in [-0.2, -0.15) is 0 Å². The lowest BCUT2D eigenvalue weighted by Crippen LogP contribution is -2.35. The largest absolute Gasteiger partial charge is 0.377 e. The first kappa shape index (κ1) is 17.9. The van der Waals surface area contributed by atoms with Crippen molar-refractivity contribution in [2.45, 2.75) is 31.5 Å². The van der Waals surface area contributed by atoms with Crippen LogP contribution in [0.2, 0.25) is 0 Å². The molecule has 3 atom stereocenters. The molecule has 3 heterocycles. The summed E-state index contributed by atoms with van der Waals surface area (Å²) in [6, 6.07) is 13.6. The summed E-state index contributed by atoms with van der Waals surface area (Å²) in [6.45, 7) is 2.27. The molecule has 0 radical (unpaired) electrons. The van der Waals surface area contributed by atoms with E-state index in [0.717, 1.165) is 22.3 Å². The van der Waals surface area contributed by atoms with Gasteiger partial charge in [-0.15, -0.1) is 0 Å². The Balaban J connectivity index is 1.78. The van der Waals surface area contributed by atoms with Crippen LogP contribution in [0.5, 0.6) is 0 Å². The van der Waals surface area contributed by atoms with Gasteiger partial charge in [0.25, 0.3) is 0 Å². The van der Waals surface area contributed by atoms with E-state index in [0.29, 0.717) is 6.04 Å². The molecule has 4 nitrogen and oxygen atoms in total. The second-order valence-corrected chi connectivity index (χ2v) is 8.78. The van der Waals surface area contributed by atoms with Gasteiger partial charge in [-0.25, -0.2) is 0 Å². The first-order valence-corrected chi connectivity index (χ1v) is 10.7. The van der Waals surface area contributed by atoms with Gasteiger partial charge in [0.15, 0.2) is 5.17 Å². The third-order valence-electron chi connectivity index (χ3n) is 5.12. The summed E-state index contributed by atoms with van der Waals surface area (Å²) in [5.41, 5.74) is 3.52. The molecule has 1 saturated heterocycles. The van der Waals surface area contributed by atoms with Gasteiger partial charge in [0.2, 0.25) is 0 Å². The lowest BCUT2D eigenvalue weighted by atomic mass is 9.95. The number of rotatable bonds is 4. The molecule has 4 rings (SSSR count). The topological polar surface area (TPSA) is 31.7 Å². The normalized spacial score (nSPS) is 24.5. The average molecular weight is 431 g/mol. The monoisotopic (exact) mass is 430 g/mol. The van der Waals surface area contributed by atoms with E-state index in [4.69, 9.17) is 4.99 Å². The molecule has 136 valence electrons. The summed E-state index contributed by atoms with van der Waals surface area (Å²) < 4.78 is 1.12. The van der Waals surface area contributed by atoms with E-state index in [-0.39, 0.29) is 12.1 Å². The number of nitrogens with zero attached hydrogens (tertiary/aromatic N) is 4. The van der Waals surface area contributed by atoms with Crippen molar-refractivity contribution >= 4 is 38.5 Å². The van der Waals surface area contributed by atoms with Crippen LogP contribution in [0.1, 0.15) is 36.7 Å². The number of aromatic nitrogens is 1. The van der Waals surface area contributed by atoms with E-state index in [1.807, 2.05) is 24.0 Å². The number of fused-ring (bicyclic) bond motifs is 1. The molecular formula is C20H23BrN4S. The average Bonchev–Trinajstić information content (AvgIpc) is 3.20. The van der Waals surface area contributed by atoms with Crippen molar-refractivity contribution in [3.8, 4) is 0 Å². The van der Waals surface area contributed by atoms with Crippen LogP contribution in [-0.2, 0) is 0 Å². The predicted molar refractivity (Wildman–Crippen MR) is 114 cm³/mol. The molecule has 0 aliphatic carbocycles. The molecule has 2 aliphatic rings. The van der Waals surface area contributed by atoms with E-state index >= 15 is 0 Å². The Kier molecular flexibility index (Phi) is 4.97. The molecule has 2 aliphatic heterocycles. The first-order valence-electron chi connectivity index (χ1n) is 8.96. The van der Waals surface area contributed by atoms with Crippen LogP contribution in [0, 0.1) is 0 Å². The SMILES string of the molecule is CC[C@@H]1CSC2=N[C@H](c3ccccn3)[C@@H](c3ccc(N(C)C)c(Br)c3)N21. The minimum Gasteiger partial charge on any atom is -0.377 e. The van der Waals surface area contributed by atoms with Crippen LogP contribution >= 0.6 is 27.7 Å². The smallest absolute Gasteiger partial charge is 0.160 e. The van der Waals surface area contributed by atoms with Gasteiger partial charge in [-0.3, -0.25) is 9.98 Å². The molecule has 0 unspecified atom stereocenters. The summed E-state index contributed by atoms with van der Waals surface area (Å²) in [5.74, 6) is 1.12. The first-order chi connectivity index (χ1) is 12.6. The van der Waals surface area contributed by atoms with E-state index in [9.17, 15) is 0 Å². The third kappa shape index (κ3) is 3.03. The Hall–Kier alpha value is -1.53. The Bertz CT molecular complexity index is 824. The maximum atomic E-state index is 5.08. The number of amidine groups is 1. The van der Waals surface area contributed by atoms with Gasteiger partial charge in [-0.1, -0.05) is 30.8 Å². The second kappa shape index (κ2) is 7.24. The molecule has 0 saturated carbocycles. The molecular weight excluding hydrogens is 408 g/mol. The highest BCUT2D eigenvalue weighted by Gasteiger charge is 2.45. The number of hydrogen-bond acceptors (Lipinski definition) is 5. The molecule has 0 amide bonds. The number of halogens is 1. The summed E-state index contributed by atoms with van der Waals surface area (Å²) in [6.07, 6.45) is 3.00. The van der Waals surface area contributed by atoms with Crippen molar-refractivity contribution in [3.05, 3.63) is 58.3 Å². The van der Waals surface area contributed by atoms with Crippen LogP contribution < -0.4 is 4.90 Å². The molecule has 1 aromatic heterocycles. The Morgan fingerprint density at radius 3 is 2.77 bits per heavy atom. The summed E-state index contributed by atoms with van der Waals surface area (Å²) in [4.78, 5) is 14.4. The third-order valence-corrected chi connectivity index (χ3v) is 6.89. The second-order valence-electron chi connectivity index (χ2n) is 6.94. The number of thioether (sulfide) groups is 1. The highest BCUT2D eigenvalue weighted by molar-refractivity contribution is 9.10. The zero-order valence-electron chi connectivity index (χ0n) is 15.3. The molecule has 26 heavy (non-hydrogen) atoms. The Labute approximate surface area is 167 Å². The Morgan fingerprint density at radius 1 is 1.27 bits per heavy atom. The molecule has 0 spiro atoms. The van der Waals surface area contributed by atoms with Gasteiger partial charge in [-0.05, 0) is 52.2 Å². The number of benzene rings is 1. The van der Waals surface area contributed by atoms with Crippen LogP contribution in [0.15, 0.2) is 52.1 Å². The van der Waals surface area contributed by atoms with E-state index in [1.165, 1.54) is 16.4 Å². The van der Waals surface area contributed by atoms with Crippen LogP contribution in [0.25, 0.3) is 0 Å². The van der Waals surface area contributed by atoms with Crippen molar-refractivity contribution < 1.29 is 0 Å². The Morgan fingerprint density at radius 2 is 2.12 bits per heavy atom. The highest BCUT2D eigenvalue weighted by Crippen LogP contribution is 2.49. The van der Waals surface area contributed by atoms with E-state index < -0.39 is 0 Å². The zero-order valence-corrected chi connectivity index (χ0v) is 17.7. The molecule has 0 N–H and O–H groups in total. The fourth-order valence-electron chi connectivity index (χ4n) is 3.78. The van der Waals surface area contributed by atoms with Gasteiger partial charge in [0, 0.05) is 36.6 Å². The summed E-state index contributed by atoms with van der Waals surface area (Å²) in [7, 11) is 4.13. The molecule has 0 bridgehead atoms. The van der Waals surface area contributed by atoms with Crippen LogP contribution in [0.3, 0.4) is 0 Å². The maximum Gasteiger partial charge on any atom is 0.160 e. The van der Waals surface area contributed by atoms with Crippen molar-refractivity contribution in [3.63, 3.8) is 0 Å². The fraction of sp³-hybridized carbons (Fsp3) is 0.400. The number of hydrogen-bond donors (Lipinski definition) is 0. The van der Waals surface area contributed by atoms with Crippen LogP contribution in [0.4, 0.5) is 5.69 Å². The predicted octanol–water partition coefficient (Wildman–Crippen LogP) is 4.89. The highest BCUT2D eigenvalue weighted by atomic mass is 79.9. The standard InChI is InChI=1S/C20H23BrN4S/c1-4-14-12-26-20-23-18(16-7-5-6-10-22-16)19(25(14)20)13-8-9-17(24(2)3)15(21)11-13/h5-11,14,18-19H,4,12H2,1-3H3/t14-,18-,19-/m1/s1. The number of anilines is 1. The fourth-order valence-corrected chi connectivity index (χ4v) is 5.87. The van der Waals surface area contributed by atoms with Crippen molar-refractivity contribution in [2.24, 2.45) is 4.99 Å². The van der Waals surface area contributed by atoms with E-state index in [2.05, 4.69) is 82.1 Å². The number of pyridine rings is 1. The maximum absolute atomic E-state index is 5.08. The van der Waals surface area contributed by atoms with Crippen molar-refractivity contribution in [2.75, 3.05) is 24.7 Å². The number of aliphatic imine (C=N–C) groups is 1. The molecule has 1 fully saturated rings. The summed E-state index contributed by atoms with van der Waals surface area (Å²) >= 11 is 5.64. The quantitative estimate of drug-likeness (QED) is 0.690. The molecule has 2 aromatic rings. The van der Waals surface area contributed by atoms with Gasteiger partial charge < -0.3 is 9.80 Å². The molecule has 6 heteroatoms. The molecule has 1 aromatic carbocycles. The summed E-state index contributed by atoms with van der Waals surface area (Å²) in [5, 5.41) is 1.17. The van der Waals surface area contributed by atoms with Gasteiger partial charge in [0.1, 0.15) is 6.04 Å². The van der Waals surface area contributed by atoms with Gasteiger partial charge >= 0.3 is 0 Å². The van der Waals surface area contributed by atoms with Crippen molar-refractivity contribution in [1.82, 2.24) is 9.88 Å². The minimum absolute atomic E-state index is 0.0464. The van der Waals surface area contributed by atoms with Crippen LogP contribution in [-0.4, -0.2) is 40.9 Å². The lowest BCUT2D eigenvalue weighted by molar-refractivity contribution is 0.255. The van der Waals surface area contributed by atoms with E-state index in [1.54, 1.807) is 0 Å². The van der Waals surface area contributed by atoms with Gasteiger partial charge in [0.05, 0.1) is 17.4 Å². The van der Waals surface area contributed by atoms with Crippen molar-refractivity contribution in [1.29, 1.82) is 0 Å².